The Bertz CT molecular complexity index is 715. The predicted molar refractivity (Wildman–Crippen MR) is 83.3 cm³/mol. The van der Waals surface area contributed by atoms with Gasteiger partial charge in [0.2, 0.25) is 0 Å². The minimum absolute atomic E-state index is 0.313. The summed E-state index contributed by atoms with van der Waals surface area (Å²) in [6.07, 6.45) is -0.855. The zero-order chi connectivity index (χ0) is 14.8. The van der Waals surface area contributed by atoms with Crippen molar-refractivity contribution in [1.29, 1.82) is 0 Å². The SMILES string of the molecule is NNC1N=C(c2ccccc2)c2cc(Cl)ccc2NC1=O. The number of nitrogens with zero attached hydrogens (tertiary/aromatic N) is 1. The molecule has 3 rings (SSSR count). The molecule has 5 nitrogen and oxygen atoms in total. The molecule has 0 saturated carbocycles. The Morgan fingerprint density at radius 3 is 2.67 bits per heavy atom. The maximum absolute atomic E-state index is 12.1. The summed E-state index contributed by atoms with van der Waals surface area (Å²) in [5.41, 5.74) is 5.38. The van der Waals surface area contributed by atoms with Crippen LogP contribution in [0.15, 0.2) is 53.5 Å². The van der Waals surface area contributed by atoms with Gasteiger partial charge in [-0.05, 0) is 18.2 Å². The Labute approximate surface area is 126 Å². The minimum atomic E-state index is -0.855. The summed E-state index contributed by atoms with van der Waals surface area (Å²) in [5, 5.41) is 3.37. The molecule has 0 aliphatic carbocycles. The largest absolute Gasteiger partial charge is 0.322 e. The summed E-state index contributed by atoms with van der Waals surface area (Å²) in [4.78, 5) is 16.5. The first-order valence-electron chi connectivity index (χ1n) is 6.39. The van der Waals surface area contributed by atoms with Crippen LogP contribution in [0.4, 0.5) is 5.69 Å². The van der Waals surface area contributed by atoms with Gasteiger partial charge < -0.3 is 5.32 Å². The number of nitrogens with two attached hydrogens (primary N) is 1. The second-order valence-corrected chi connectivity index (χ2v) is 5.03. The van der Waals surface area contributed by atoms with E-state index >= 15 is 0 Å². The molecule has 4 N–H and O–H groups in total. The number of nitrogens with one attached hydrogen (secondary N) is 2. The van der Waals surface area contributed by atoms with E-state index in [1.165, 1.54) is 0 Å². The molecule has 6 heteroatoms. The molecule has 2 aromatic carbocycles. The van der Waals surface area contributed by atoms with Crippen molar-refractivity contribution in [1.82, 2.24) is 5.43 Å². The number of hydrogen-bond acceptors (Lipinski definition) is 4. The molecule has 0 spiro atoms. The summed E-state index contributed by atoms with van der Waals surface area (Å²) >= 11 is 6.08. The van der Waals surface area contributed by atoms with E-state index in [4.69, 9.17) is 17.4 Å². The predicted octanol–water partition coefficient (Wildman–Crippen LogP) is 1.92. The summed E-state index contributed by atoms with van der Waals surface area (Å²) in [5.74, 6) is 5.11. The number of benzene rings is 2. The summed E-state index contributed by atoms with van der Waals surface area (Å²) in [6.45, 7) is 0. The second kappa shape index (κ2) is 5.65. The van der Waals surface area contributed by atoms with Crippen molar-refractivity contribution in [3.63, 3.8) is 0 Å². The van der Waals surface area contributed by atoms with Crippen molar-refractivity contribution in [2.75, 3.05) is 5.32 Å². The third-order valence-electron chi connectivity index (χ3n) is 3.21. The number of carbonyl (C=O) groups excluding carboxylic acids is 1. The fraction of sp³-hybridized carbons (Fsp3) is 0.0667. The van der Waals surface area contributed by atoms with Crippen LogP contribution in [0.1, 0.15) is 11.1 Å². The van der Waals surface area contributed by atoms with Gasteiger partial charge in [-0.1, -0.05) is 41.9 Å². The van der Waals surface area contributed by atoms with Gasteiger partial charge in [0.1, 0.15) is 0 Å². The molecule has 0 saturated heterocycles. The number of aliphatic imine (C=N–C) groups is 1. The molecule has 106 valence electrons. The van der Waals surface area contributed by atoms with Crippen molar-refractivity contribution < 1.29 is 4.79 Å². The van der Waals surface area contributed by atoms with Crippen molar-refractivity contribution in [3.05, 3.63) is 64.7 Å². The molecular weight excluding hydrogens is 288 g/mol. The molecule has 1 aliphatic rings. The van der Waals surface area contributed by atoms with Gasteiger partial charge >= 0.3 is 0 Å². The van der Waals surface area contributed by atoms with Gasteiger partial charge in [0.05, 0.1) is 11.4 Å². The molecule has 0 aromatic heterocycles. The van der Waals surface area contributed by atoms with E-state index in [1.54, 1.807) is 18.2 Å². The first-order valence-corrected chi connectivity index (χ1v) is 6.77. The van der Waals surface area contributed by atoms with Gasteiger partial charge in [0.25, 0.3) is 5.91 Å². The number of anilines is 1. The molecule has 1 atom stereocenters. The van der Waals surface area contributed by atoms with E-state index in [9.17, 15) is 4.79 Å². The molecule has 1 amide bonds. The fourth-order valence-electron chi connectivity index (χ4n) is 2.22. The first-order chi connectivity index (χ1) is 10.2. The quantitative estimate of drug-likeness (QED) is 0.585. The van der Waals surface area contributed by atoms with E-state index in [-0.39, 0.29) is 5.91 Å². The summed E-state index contributed by atoms with van der Waals surface area (Å²) in [6, 6.07) is 14.8. The number of carbonyl (C=O) groups is 1. The fourth-order valence-corrected chi connectivity index (χ4v) is 2.39. The third kappa shape index (κ3) is 2.67. The molecule has 0 bridgehead atoms. The Kier molecular flexibility index (Phi) is 3.70. The van der Waals surface area contributed by atoms with E-state index in [0.29, 0.717) is 16.4 Å². The van der Waals surface area contributed by atoms with Crippen LogP contribution in [-0.2, 0) is 4.79 Å². The first kappa shape index (κ1) is 13.8. The lowest BCUT2D eigenvalue weighted by molar-refractivity contribution is -0.117. The molecular formula is C15H13ClN4O. The number of hydrazine groups is 1. The molecule has 1 aliphatic heterocycles. The lowest BCUT2D eigenvalue weighted by Gasteiger charge is -2.10. The van der Waals surface area contributed by atoms with Gasteiger partial charge in [-0.25, -0.2) is 5.43 Å². The summed E-state index contributed by atoms with van der Waals surface area (Å²) < 4.78 is 0. The van der Waals surface area contributed by atoms with Gasteiger partial charge in [0, 0.05) is 16.1 Å². The molecule has 0 fully saturated rings. The average Bonchev–Trinajstić information content (AvgIpc) is 2.64. The molecule has 1 heterocycles. The number of hydrogen-bond donors (Lipinski definition) is 3. The smallest absolute Gasteiger partial charge is 0.265 e. The van der Waals surface area contributed by atoms with Crippen molar-refractivity contribution in [2.45, 2.75) is 6.17 Å². The highest BCUT2D eigenvalue weighted by atomic mass is 35.5. The Balaban J connectivity index is 2.22. The van der Waals surface area contributed by atoms with E-state index < -0.39 is 6.17 Å². The van der Waals surface area contributed by atoms with Crippen LogP contribution in [0.2, 0.25) is 5.02 Å². The van der Waals surface area contributed by atoms with Crippen LogP contribution in [0.25, 0.3) is 0 Å². The van der Waals surface area contributed by atoms with E-state index in [1.807, 2.05) is 30.3 Å². The van der Waals surface area contributed by atoms with Crippen molar-refractivity contribution in [2.24, 2.45) is 10.8 Å². The van der Waals surface area contributed by atoms with Gasteiger partial charge in [0.15, 0.2) is 6.17 Å². The number of fused-ring (bicyclic) bond motifs is 1. The third-order valence-corrected chi connectivity index (χ3v) is 3.44. The lowest BCUT2D eigenvalue weighted by atomic mass is 10.0. The zero-order valence-corrected chi connectivity index (χ0v) is 11.8. The monoisotopic (exact) mass is 300 g/mol. The Morgan fingerprint density at radius 2 is 1.95 bits per heavy atom. The van der Waals surface area contributed by atoms with Gasteiger partial charge in [-0.2, -0.15) is 0 Å². The van der Waals surface area contributed by atoms with Gasteiger partial charge in [-0.3, -0.25) is 15.6 Å². The highest BCUT2D eigenvalue weighted by Crippen LogP contribution is 2.26. The molecule has 2 aromatic rings. The van der Waals surface area contributed by atoms with Crippen LogP contribution in [0.5, 0.6) is 0 Å². The van der Waals surface area contributed by atoms with Crippen molar-refractivity contribution >= 4 is 28.9 Å². The van der Waals surface area contributed by atoms with Crippen LogP contribution in [-0.4, -0.2) is 17.8 Å². The number of halogens is 1. The number of benzodiazepines with no additional fused rings is 1. The van der Waals surface area contributed by atoms with Gasteiger partial charge in [-0.15, -0.1) is 0 Å². The molecule has 0 radical (unpaired) electrons. The lowest BCUT2D eigenvalue weighted by Crippen LogP contribution is -2.42. The maximum atomic E-state index is 12.1. The second-order valence-electron chi connectivity index (χ2n) is 4.59. The highest BCUT2D eigenvalue weighted by molar-refractivity contribution is 6.32. The average molecular weight is 301 g/mol. The standard InChI is InChI=1S/C15H13ClN4O/c16-10-6-7-12-11(8-10)13(9-4-2-1-3-5-9)19-14(20-17)15(21)18-12/h1-8,14,20H,17H2,(H,18,21). The van der Waals surface area contributed by atoms with Crippen LogP contribution in [0.3, 0.4) is 0 Å². The van der Waals surface area contributed by atoms with Crippen LogP contribution >= 0.6 is 11.6 Å². The number of rotatable bonds is 2. The molecule has 21 heavy (non-hydrogen) atoms. The van der Waals surface area contributed by atoms with E-state index in [2.05, 4.69) is 15.7 Å². The van der Waals surface area contributed by atoms with Crippen molar-refractivity contribution in [3.8, 4) is 0 Å². The van der Waals surface area contributed by atoms with E-state index in [0.717, 1.165) is 11.1 Å². The topological polar surface area (TPSA) is 79.5 Å². The normalized spacial score (nSPS) is 17.5. The minimum Gasteiger partial charge on any atom is -0.322 e. The molecule has 1 unspecified atom stereocenters. The Morgan fingerprint density at radius 1 is 1.19 bits per heavy atom. The Hall–Kier alpha value is -2.21. The number of amides is 1. The van der Waals surface area contributed by atoms with Crippen LogP contribution in [0, 0.1) is 0 Å². The highest BCUT2D eigenvalue weighted by Gasteiger charge is 2.24. The summed E-state index contributed by atoms with van der Waals surface area (Å²) in [7, 11) is 0. The zero-order valence-electron chi connectivity index (χ0n) is 11.0. The van der Waals surface area contributed by atoms with Crippen LogP contribution < -0.4 is 16.6 Å². The maximum Gasteiger partial charge on any atom is 0.265 e.